The highest BCUT2D eigenvalue weighted by Crippen LogP contribution is 2.28. The van der Waals surface area contributed by atoms with E-state index in [0.717, 1.165) is 43.1 Å². The molecule has 1 amide bonds. The predicted octanol–water partition coefficient (Wildman–Crippen LogP) is 1.73. The summed E-state index contributed by atoms with van der Waals surface area (Å²) in [6, 6.07) is 7.63. The molecule has 3 N–H and O–H groups in total. The third kappa shape index (κ3) is 4.94. The molecule has 4 nitrogen and oxygen atoms in total. The molecule has 0 bridgehead atoms. The van der Waals surface area contributed by atoms with Crippen molar-refractivity contribution in [2.45, 2.75) is 25.7 Å². The highest BCUT2D eigenvalue weighted by molar-refractivity contribution is 5.95. The van der Waals surface area contributed by atoms with Gasteiger partial charge in [-0.15, -0.1) is 0 Å². The van der Waals surface area contributed by atoms with Crippen LogP contribution in [0.2, 0.25) is 0 Å². The Bertz CT molecular complexity index is 430. The normalized spacial score (nSPS) is 14.2. The Hall–Kier alpha value is -1.39. The van der Waals surface area contributed by atoms with E-state index in [1.54, 1.807) is 0 Å². The number of rotatable bonds is 9. The van der Waals surface area contributed by atoms with Crippen molar-refractivity contribution < 1.29 is 9.53 Å². The fourth-order valence-corrected chi connectivity index (χ4v) is 2.12. The van der Waals surface area contributed by atoms with Crippen molar-refractivity contribution >= 4 is 5.91 Å². The minimum absolute atomic E-state index is 0.0174. The maximum atomic E-state index is 12.1. The topological polar surface area (TPSA) is 64.4 Å². The van der Waals surface area contributed by atoms with E-state index < -0.39 is 0 Å². The van der Waals surface area contributed by atoms with Gasteiger partial charge in [0.1, 0.15) is 0 Å². The molecule has 1 aliphatic carbocycles. The zero-order valence-electron chi connectivity index (χ0n) is 11.9. The van der Waals surface area contributed by atoms with Crippen molar-refractivity contribution in [1.82, 2.24) is 5.32 Å². The van der Waals surface area contributed by atoms with Gasteiger partial charge in [-0.1, -0.05) is 18.2 Å². The zero-order valence-corrected chi connectivity index (χ0v) is 11.9. The largest absolute Gasteiger partial charge is 0.381 e. The first-order valence-electron chi connectivity index (χ1n) is 7.45. The predicted molar refractivity (Wildman–Crippen MR) is 79.7 cm³/mol. The maximum absolute atomic E-state index is 12.1. The first-order chi connectivity index (χ1) is 9.81. The second kappa shape index (κ2) is 8.02. The van der Waals surface area contributed by atoms with Crippen LogP contribution in [0.1, 0.15) is 35.2 Å². The number of benzene rings is 1. The maximum Gasteiger partial charge on any atom is 0.251 e. The van der Waals surface area contributed by atoms with Crippen molar-refractivity contribution in [2.24, 2.45) is 11.7 Å². The number of carbonyl (C=O) groups is 1. The molecule has 0 radical (unpaired) electrons. The van der Waals surface area contributed by atoms with Crippen molar-refractivity contribution in [2.75, 3.05) is 26.3 Å². The van der Waals surface area contributed by atoms with Crippen LogP contribution in [0.15, 0.2) is 24.3 Å². The molecule has 110 valence electrons. The highest BCUT2D eigenvalue weighted by Gasteiger charge is 2.20. The second-order valence-electron chi connectivity index (χ2n) is 5.32. The summed E-state index contributed by atoms with van der Waals surface area (Å²) in [4.78, 5) is 12.1. The molecule has 20 heavy (non-hydrogen) atoms. The van der Waals surface area contributed by atoms with Gasteiger partial charge in [-0.2, -0.15) is 0 Å². The third-order valence-corrected chi connectivity index (χ3v) is 3.48. The van der Waals surface area contributed by atoms with Gasteiger partial charge < -0.3 is 15.8 Å². The van der Waals surface area contributed by atoms with E-state index in [4.69, 9.17) is 10.5 Å². The number of amides is 1. The average Bonchev–Trinajstić information content (AvgIpc) is 3.27. The van der Waals surface area contributed by atoms with Gasteiger partial charge in [0.15, 0.2) is 0 Å². The molecule has 0 saturated heterocycles. The van der Waals surface area contributed by atoms with Crippen LogP contribution >= 0.6 is 0 Å². The van der Waals surface area contributed by atoms with Crippen LogP contribution in [-0.2, 0) is 11.2 Å². The lowest BCUT2D eigenvalue weighted by atomic mass is 10.0. The lowest BCUT2D eigenvalue weighted by Gasteiger charge is -2.09. The Morgan fingerprint density at radius 2 is 2.15 bits per heavy atom. The van der Waals surface area contributed by atoms with Crippen LogP contribution in [0, 0.1) is 5.92 Å². The average molecular weight is 276 g/mol. The SMILES string of the molecule is NCCc1ccccc1C(=O)NCCCOCC1CC1. The zero-order chi connectivity index (χ0) is 14.2. The van der Waals surface area contributed by atoms with Crippen molar-refractivity contribution in [3.05, 3.63) is 35.4 Å². The molecule has 1 fully saturated rings. The standard InChI is InChI=1S/C16H24N2O2/c17-9-8-14-4-1-2-5-15(14)16(19)18-10-3-11-20-12-13-6-7-13/h1-2,4-5,13H,3,6-12,17H2,(H,18,19). The molecule has 0 atom stereocenters. The molecular weight excluding hydrogens is 252 g/mol. The Kier molecular flexibility index (Phi) is 6.02. The van der Waals surface area contributed by atoms with E-state index in [-0.39, 0.29) is 5.91 Å². The van der Waals surface area contributed by atoms with E-state index in [1.165, 1.54) is 12.8 Å². The first kappa shape index (κ1) is 15.0. The number of nitrogens with two attached hydrogens (primary N) is 1. The summed E-state index contributed by atoms with van der Waals surface area (Å²) in [6.45, 7) is 2.81. The van der Waals surface area contributed by atoms with E-state index in [1.807, 2.05) is 24.3 Å². The lowest BCUT2D eigenvalue weighted by Crippen LogP contribution is -2.26. The molecule has 4 heteroatoms. The minimum Gasteiger partial charge on any atom is -0.381 e. The molecule has 1 saturated carbocycles. The van der Waals surface area contributed by atoms with Gasteiger partial charge in [0.2, 0.25) is 0 Å². The Morgan fingerprint density at radius 1 is 1.35 bits per heavy atom. The molecule has 0 aromatic heterocycles. The summed E-state index contributed by atoms with van der Waals surface area (Å²) in [5.41, 5.74) is 7.31. The number of carbonyl (C=O) groups excluding carboxylic acids is 1. The van der Waals surface area contributed by atoms with Crippen molar-refractivity contribution in [1.29, 1.82) is 0 Å². The monoisotopic (exact) mass is 276 g/mol. The third-order valence-electron chi connectivity index (χ3n) is 3.48. The molecule has 0 unspecified atom stereocenters. The Labute approximate surface area is 120 Å². The molecule has 0 spiro atoms. The van der Waals surface area contributed by atoms with Crippen LogP contribution in [0.3, 0.4) is 0 Å². The summed E-state index contributed by atoms with van der Waals surface area (Å²) in [6.07, 6.45) is 4.22. The quantitative estimate of drug-likeness (QED) is 0.675. The van der Waals surface area contributed by atoms with Crippen molar-refractivity contribution in [3.8, 4) is 0 Å². The van der Waals surface area contributed by atoms with Crippen LogP contribution in [-0.4, -0.2) is 32.2 Å². The fourth-order valence-electron chi connectivity index (χ4n) is 2.12. The van der Waals surface area contributed by atoms with Gasteiger partial charge in [-0.05, 0) is 49.8 Å². The molecule has 1 aromatic rings. The van der Waals surface area contributed by atoms with Gasteiger partial charge in [0.25, 0.3) is 5.91 Å². The number of nitrogens with one attached hydrogen (secondary N) is 1. The van der Waals surface area contributed by atoms with Crippen LogP contribution in [0.25, 0.3) is 0 Å². The molecular formula is C16H24N2O2. The smallest absolute Gasteiger partial charge is 0.251 e. The summed E-state index contributed by atoms with van der Waals surface area (Å²) in [7, 11) is 0. The Morgan fingerprint density at radius 3 is 2.90 bits per heavy atom. The highest BCUT2D eigenvalue weighted by atomic mass is 16.5. The molecule has 1 aliphatic rings. The number of hydrogen-bond acceptors (Lipinski definition) is 3. The van der Waals surface area contributed by atoms with Gasteiger partial charge in [0.05, 0.1) is 0 Å². The second-order valence-corrected chi connectivity index (χ2v) is 5.32. The van der Waals surface area contributed by atoms with Gasteiger partial charge in [0, 0.05) is 25.3 Å². The van der Waals surface area contributed by atoms with Gasteiger partial charge in [-0.25, -0.2) is 0 Å². The van der Waals surface area contributed by atoms with E-state index in [2.05, 4.69) is 5.32 Å². The number of ether oxygens (including phenoxy) is 1. The minimum atomic E-state index is -0.0174. The van der Waals surface area contributed by atoms with Gasteiger partial charge >= 0.3 is 0 Å². The van der Waals surface area contributed by atoms with Gasteiger partial charge in [-0.3, -0.25) is 4.79 Å². The molecule has 2 rings (SSSR count). The summed E-state index contributed by atoms with van der Waals surface area (Å²) >= 11 is 0. The van der Waals surface area contributed by atoms with Crippen LogP contribution in [0.5, 0.6) is 0 Å². The Balaban J connectivity index is 1.67. The van der Waals surface area contributed by atoms with Crippen molar-refractivity contribution in [3.63, 3.8) is 0 Å². The summed E-state index contributed by atoms with van der Waals surface area (Å²) < 4.78 is 5.54. The summed E-state index contributed by atoms with van der Waals surface area (Å²) in [5.74, 6) is 0.781. The molecule has 0 heterocycles. The number of hydrogen-bond donors (Lipinski definition) is 2. The van der Waals surface area contributed by atoms with E-state index in [9.17, 15) is 4.79 Å². The molecule has 1 aromatic carbocycles. The van der Waals surface area contributed by atoms with Crippen LogP contribution < -0.4 is 11.1 Å². The lowest BCUT2D eigenvalue weighted by molar-refractivity contribution is 0.0936. The summed E-state index contributed by atoms with van der Waals surface area (Å²) in [5, 5.41) is 2.94. The molecule has 0 aliphatic heterocycles. The van der Waals surface area contributed by atoms with E-state index >= 15 is 0 Å². The van der Waals surface area contributed by atoms with Crippen LogP contribution in [0.4, 0.5) is 0 Å². The van der Waals surface area contributed by atoms with E-state index in [0.29, 0.717) is 13.1 Å². The first-order valence-corrected chi connectivity index (χ1v) is 7.45. The fraction of sp³-hybridized carbons (Fsp3) is 0.562.